The Kier molecular flexibility index (Phi) is 19.0. The molecule has 1 unspecified atom stereocenters. The normalized spacial score (nSPS) is 12.3. The molecule has 0 aliphatic rings. The monoisotopic (exact) mass is 358 g/mol. The molecule has 0 saturated heterocycles. The molecular weight excluding hydrogens is 316 g/mol. The van der Waals surface area contributed by atoms with Gasteiger partial charge in [0.1, 0.15) is 0 Å². The number of hydrogen-bond acceptors (Lipinski definition) is 3. The molecule has 0 N–H and O–H groups in total. The smallest absolute Gasteiger partial charge is 0.318 e. The van der Waals surface area contributed by atoms with Gasteiger partial charge in [-0.05, 0) is 12.8 Å². The van der Waals surface area contributed by atoms with Crippen LogP contribution in [0.4, 0.5) is 0 Å². The van der Waals surface area contributed by atoms with E-state index in [1.54, 1.807) is 0 Å². The summed E-state index contributed by atoms with van der Waals surface area (Å²) in [5, 5.41) is -0.227. The van der Waals surface area contributed by atoms with E-state index in [0.717, 1.165) is 19.3 Å². The van der Waals surface area contributed by atoms with Crippen molar-refractivity contribution >= 4 is 18.6 Å². The number of carbonyl (C=O) groups is 1. The van der Waals surface area contributed by atoms with Crippen LogP contribution in [0.1, 0.15) is 117 Å². The molecule has 0 spiro atoms. The Morgan fingerprint density at radius 2 is 1.12 bits per heavy atom. The molecule has 0 radical (unpaired) electrons. The lowest BCUT2D eigenvalue weighted by Crippen LogP contribution is -2.18. The third-order valence-electron chi connectivity index (χ3n) is 4.60. The third kappa shape index (κ3) is 16.7. The van der Waals surface area contributed by atoms with Gasteiger partial charge in [0.25, 0.3) is 0 Å². The molecule has 0 aliphatic carbocycles. The van der Waals surface area contributed by atoms with Crippen molar-refractivity contribution < 1.29 is 9.53 Å². The first kappa shape index (κ1) is 23.8. The van der Waals surface area contributed by atoms with Crippen molar-refractivity contribution in [3.8, 4) is 0 Å². The number of hydrogen-bond donors (Lipinski definition) is 1. The van der Waals surface area contributed by atoms with E-state index in [1.165, 1.54) is 83.5 Å². The highest BCUT2D eigenvalue weighted by molar-refractivity contribution is 7.81. The molecule has 0 bridgehead atoms. The molecule has 3 heteroatoms. The molecule has 2 nitrogen and oxygen atoms in total. The number of thiol groups is 1. The lowest BCUT2D eigenvalue weighted by atomic mass is 10.1. The molecule has 0 fully saturated rings. The molecule has 0 aromatic heterocycles. The summed E-state index contributed by atoms with van der Waals surface area (Å²) in [7, 11) is 0. The number of carbonyl (C=O) groups excluding carboxylic acids is 1. The van der Waals surface area contributed by atoms with Crippen LogP contribution in [-0.4, -0.2) is 17.8 Å². The van der Waals surface area contributed by atoms with E-state index < -0.39 is 0 Å². The van der Waals surface area contributed by atoms with Gasteiger partial charge < -0.3 is 4.74 Å². The summed E-state index contributed by atoms with van der Waals surface area (Å²) in [6.07, 6.45) is 20.1. The van der Waals surface area contributed by atoms with Crippen LogP contribution in [0.5, 0.6) is 0 Å². The first-order valence-electron chi connectivity index (χ1n) is 10.6. The Bertz CT molecular complexity index is 269. The molecule has 0 aromatic carbocycles. The van der Waals surface area contributed by atoms with Gasteiger partial charge in [0.05, 0.1) is 11.9 Å². The van der Waals surface area contributed by atoms with E-state index in [1.807, 2.05) is 0 Å². The van der Waals surface area contributed by atoms with E-state index >= 15 is 0 Å². The zero-order valence-corrected chi connectivity index (χ0v) is 17.3. The first-order valence-corrected chi connectivity index (χ1v) is 11.1. The average Bonchev–Trinajstić information content (AvgIpc) is 2.59. The van der Waals surface area contributed by atoms with Gasteiger partial charge >= 0.3 is 5.97 Å². The van der Waals surface area contributed by atoms with E-state index in [9.17, 15) is 4.79 Å². The van der Waals surface area contributed by atoms with Crippen molar-refractivity contribution in [3.05, 3.63) is 0 Å². The van der Waals surface area contributed by atoms with Gasteiger partial charge in [-0.1, -0.05) is 104 Å². The maximum atomic E-state index is 11.8. The Balaban J connectivity index is 3.26. The zero-order valence-electron chi connectivity index (χ0n) is 16.4. The summed E-state index contributed by atoms with van der Waals surface area (Å²) in [5.74, 6) is -0.123. The van der Waals surface area contributed by atoms with E-state index in [0.29, 0.717) is 6.61 Å². The van der Waals surface area contributed by atoms with Crippen molar-refractivity contribution in [2.45, 2.75) is 122 Å². The van der Waals surface area contributed by atoms with Crippen molar-refractivity contribution in [2.24, 2.45) is 0 Å². The summed E-state index contributed by atoms with van der Waals surface area (Å²) < 4.78 is 5.33. The number of unbranched alkanes of at least 4 members (excludes halogenated alkanes) is 13. The summed E-state index contributed by atoms with van der Waals surface area (Å²) in [4.78, 5) is 11.8. The number of rotatable bonds is 18. The van der Waals surface area contributed by atoms with Crippen LogP contribution < -0.4 is 0 Å². The average molecular weight is 359 g/mol. The van der Waals surface area contributed by atoms with Gasteiger partial charge in [0.2, 0.25) is 0 Å². The minimum Gasteiger partial charge on any atom is -0.465 e. The molecule has 0 rings (SSSR count). The van der Waals surface area contributed by atoms with Crippen molar-refractivity contribution in [3.63, 3.8) is 0 Å². The SMILES string of the molecule is CCCCCCCCCCCCCOC(=O)C(S)CCCCCC. The Hall–Kier alpha value is -0.180. The van der Waals surface area contributed by atoms with Crippen molar-refractivity contribution in [1.29, 1.82) is 0 Å². The van der Waals surface area contributed by atoms with Crippen molar-refractivity contribution in [2.75, 3.05) is 6.61 Å². The van der Waals surface area contributed by atoms with E-state index in [2.05, 4.69) is 26.5 Å². The molecule has 24 heavy (non-hydrogen) atoms. The van der Waals surface area contributed by atoms with Crippen LogP contribution in [0.2, 0.25) is 0 Å². The minimum absolute atomic E-state index is 0.123. The van der Waals surface area contributed by atoms with Gasteiger partial charge in [-0.3, -0.25) is 4.79 Å². The van der Waals surface area contributed by atoms with Gasteiger partial charge in [0, 0.05) is 0 Å². The highest BCUT2D eigenvalue weighted by atomic mass is 32.1. The molecule has 0 heterocycles. The lowest BCUT2D eigenvalue weighted by molar-refractivity contribution is -0.143. The maximum absolute atomic E-state index is 11.8. The molecule has 0 amide bonds. The Labute approximate surface area is 156 Å². The fourth-order valence-electron chi connectivity index (χ4n) is 2.92. The quantitative estimate of drug-likeness (QED) is 0.160. The van der Waals surface area contributed by atoms with Crippen LogP contribution in [0.25, 0.3) is 0 Å². The van der Waals surface area contributed by atoms with Gasteiger partial charge in [-0.25, -0.2) is 0 Å². The molecular formula is C21H42O2S. The summed E-state index contributed by atoms with van der Waals surface area (Å²) >= 11 is 4.36. The van der Waals surface area contributed by atoms with Crippen LogP contribution in [0, 0.1) is 0 Å². The second-order valence-corrected chi connectivity index (χ2v) is 7.69. The molecule has 1 atom stereocenters. The largest absolute Gasteiger partial charge is 0.465 e. The van der Waals surface area contributed by atoms with E-state index in [-0.39, 0.29) is 11.2 Å². The predicted molar refractivity (Wildman–Crippen MR) is 109 cm³/mol. The minimum atomic E-state index is -0.227. The molecule has 144 valence electrons. The summed E-state index contributed by atoms with van der Waals surface area (Å²) in [5.41, 5.74) is 0. The van der Waals surface area contributed by atoms with Gasteiger partial charge in [-0.2, -0.15) is 12.6 Å². The Morgan fingerprint density at radius 3 is 1.62 bits per heavy atom. The number of ether oxygens (including phenoxy) is 1. The van der Waals surface area contributed by atoms with Crippen LogP contribution in [0.15, 0.2) is 0 Å². The van der Waals surface area contributed by atoms with Gasteiger partial charge in [-0.15, -0.1) is 0 Å². The molecule has 0 aromatic rings. The lowest BCUT2D eigenvalue weighted by Gasteiger charge is -2.10. The standard InChI is InChI=1S/C21H42O2S/c1-3-5-7-9-10-11-12-13-14-15-17-19-23-21(22)20(24)18-16-8-6-4-2/h20,24H,3-19H2,1-2H3. The molecule has 0 aliphatic heterocycles. The molecule has 0 saturated carbocycles. The third-order valence-corrected chi connectivity index (χ3v) is 5.06. The van der Waals surface area contributed by atoms with Gasteiger partial charge in [0.15, 0.2) is 0 Å². The highest BCUT2D eigenvalue weighted by Gasteiger charge is 2.14. The van der Waals surface area contributed by atoms with Crippen molar-refractivity contribution in [1.82, 2.24) is 0 Å². The number of esters is 1. The van der Waals surface area contributed by atoms with E-state index in [4.69, 9.17) is 4.74 Å². The first-order chi connectivity index (χ1) is 11.7. The topological polar surface area (TPSA) is 26.3 Å². The summed E-state index contributed by atoms with van der Waals surface area (Å²) in [6, 6.07) is 0. The fraction of sp³-hybridized carbons (Fsp3) is 0.952. The maximum Gasteiger partial charge on any atom is 0.318 e. The fourth-order valence-corrected chi connectivity index (χ4v) is 3.17. The summed E-state index contributed by atoms with van der Waals surface area (Å²) in [6.45, 7) is 5.03. The predicted octanol–water partition coefficient (Wildman–Crippen LogP) is 7.11. The van der Waals surface area contributed by atoms with Crippen LogP contribution in [-0.2, 0) is 9.53 Å². The second-order valence-electron chi connectivity index (χ2n) is 7.07. The van der Waals surface area contributed by atoms with Crippen LogP contribution >= 0.6 is 12.6 Å². The Morgan fingerprint density at radius 1 is 0.708 bits per heavy atom. The second kappa shape index (κ2) is 19.1. The zero-order chi connectivity index (χ0) is 17.9. The highest BCUT2D eigenvalue weighted by Crippen LogP contribution is 2.13. The van der Waals surface area contributed by atoms with Crippen LogP contribution in [0.3, 0.4) is 0 Å².